The van der Waals surface area contributed by atoms with Gasteiger partial charge in [0.15, 0.2) is 0 Å². The van der Waals surface area contributed by atoms with E-state index in [0.717, 1.165) is 31.0 Å². The van der Waals surface area contributed by atoms with Crippen LogP contribution in [0.4, 0.5) is 5.69 Å². The van der Waals surface area contributed by atoms with Crippen molar-refractivity contribution in [3.63, 3.8) is 0 Å². The van der Waals surface area contributed by atoms with E-state index in [2.05, 4.69) is 5.32 Å². The van der Waals surface area contributed by atoms with Gasteiger partial charge in [0.1, 0.15) is 0 Å². The molecule has 1 aliphatic rings. The summed E-state index contributed by atoms with van der Waals surface area (Å²) < 4.78 is 22.7. The van der Waals surface area contributed by atoms with Crippen LogP contribution in [0.25, 0.3) is 0 Å². The summed E-state index contributed by atoms with van der Waals surface area (Å²) in [6.07, 6.45) is 2.05. The van der Waals surface area contributed by atoms with Crippen molar-refractivity contribution in [2.75, 3.05) is 0 Å². The molecule has 0 aliphatic heterocycles. The van der Waals surface area contributed by atoms with Gasteiger partial charge in [-0.3, -0.25) is 14.9 Å². The first-order chi connectivity index (χ1) is 9.68. The Balaban J connectivity index is 2.35. The van der Waals surface area contributed by atoms with Crippen LogP contribution in [0.2, 0.25) is 0 Å². The highest BCUT2D eigenvalue weighted by molar-refractivity contribution is 7.89. The summed E-state index contributed by atoms with van der Waals surface area (Å²) in [7, 11) is -4.13. The number of rotatable bonds is 5. The summed E-state index contributed by atoms with van der Waals surface area (Å²) in [6, 6.07) is 2.84. The number of hydrogen-bond acceptors (Lipinski definition) is 5. The third-order valence-corrected chi connectivity index (χ3v) is 4.27. The van der Waals surface area contributed by atoms with Gasteiger partial charge in [-0.25, -0.2) is 13.6 Å². The first kappa shape index (κ1) is 15.4. The molecular weight excluding hydrogens is 298 g/mol. The predicted octanol–water partition coefficient (Wildman–Crippen LogP) is 0.771. The van der Waals surface area contributed by atoms with Crippen LogP contribution in [0.5, 0.6) is 0 Å². The van der Waals surface area contributed by atoms with Crippen molar-refractivity contribution in [2.24, 2.45) is 11.1 Å². The number of sulfonamides is 1. The monoisotopic (exact) mass is 313 g/mol. The predicted molar refractivity (Wildman–Crippen MR) is 74.1 cm³/mol. The number of primary sulfonamides is 1. The summed E-state index contributed by atoms with van der Waals surface area (Å²) in [5.41, 5.74) is -0.591. The number of non-ortho nitro benzene ring substituents is 1. The first-order valence-electron chi connectivity index (χ1n) is 6.31. The fourth-order valence-corrected chi connectivity index (χ4v) is 2.56. The van der Waals surface area contributed by atoms with Gasteiger partial charge in [0.2, 0.25) is 10.0 Å². The number of hydrogen-bond donors (Lipinski definition) is 2. The molecule has 2 rings (SSSR count). The molecule has 114 valence electrons. The molecule has 0 spiro atoms. The van der Waals surface area contributed by atoms with Crippen LogP contribution in [0.1, 0.15) is 30.1 Å². The Morgan fingerprint density at radius 1 is 1.43 bits per heavy atom. The molecule has 0 bridgehead atoms. The van der Waals surface area contributed by atoms with Gasteiger partial charge in [0.25, 0.3) is 11.6 Å². The second-order valence-electron chi connectivity index (χ2n) is 5.12. The van der Waals surface area contributed by atoms with Gasteiger partial charge in [-0.2, -0.15) is 0 Å². The van der Waals surface area contributed by atoms with Crippen molar-refractivity contribution in [1.82, 2.24) is 5.32 Å². The first-order valence-corrected chi connectivity index (χ1v) is 7.86. The normalized spacial score (nSPS) is 16.3. The Morgan fingerprint density at radius 2 is 2.05 bits per heavy atom. The van der Waals surface area contributed by atoms with Crippen LogP contribution >= 0.6 is 0 Å². The Morgan fingerprint density at radius 3 is 2.52 bits per heavy atom. The number of nitrogens with zero attached hydrogens (tertiary/aromatic N) is 1. The molecule has 1 aromatic carbocycles. The van der Waals surface area contributed by atoms with Crippen molar-refractivity contribution >= 4 is 21.6 Å². The fourth-order valence-electron chi connectivity index (χ4n) is 1.99. The largest absolute Gasteiger partial charge is 0.349 e. The molecule has 1 aliphatic carbocycles. The highest BCUT2D eigenvalue weighted by Gasteiger charge is 2.29. The molecule has 0 radical (unpaired) electrons. The molecule has 0 aromatic heterocycles. The zero-order valence-electron chi connectivity index (χ0n) is 11.3. The van der Waals surface area contributed by atoms with E-state index in [9.17, 15) is 23.3 Å². The third kappa shape index (κ3) is 3.76. The Bertz CT molecular complexity index is 697. The SMILES string of the molecule is CC(NC(=O)c1cc([N+](=O)[O-])cc(S(N)(=O)=O)c1)C1CC1. The lowest BCUT2D eigenvalue weighted by atomic mass is 10.1. The minimum Gasteiger partial charge on any atom is -0.349 e. The lowest BCUT2D eigenvalue weighted by Gasteiger charge is -2.13. The Kier molecular flexibility index (Phi) is 3.97. The van der Waals surface area contributed by atoms with Gasteiger partial charge in [-0.1, -0.05) is 0 Å². The van der Waals surface area contributed by atoms with Crippen LogP contribution in [-0.2, 0) is 10.0 Å². The lowest BCUT2D eigenvalue weighted by Crippen LogP contribution is -2.34. The zero-order valence-corrected chi connectivity index (χ0v) is 12.1. The second-order valence-corrected chi connectivity index (χ2v) is 6.68. The van der Waals surface area contributed by atoms with Gasteiger partial charge < -0.3 is 5.32 Å². The second kappa shape index (κ2) is 5.41. The van der Waals surface area contributed by atoms with Crippen LogP contribution < -0.4 is 10.5 Å². The maximum Gasteiger partial charge on any atom is 0.271 e. The van der Waals surface area contributed by atoms with Crippen molar-refractivity contribution in [1.29, 1.82) is 0 Å². The Labute approximate surface area is 121 Å². The molecular formula is C12H15N3O5S. The molecule has 8 nitrogen and oxygen atoms in total. The number of amides is 1. The quantitative estimate of drug-likeness (QED) is 0.612. The van der Waals surface area contributed by atoms with Crippen LogP contribution in [-0.4, -0.2) is 25.3 Å². The summed E-state index contributed by atoms with van der Waals surface area (Å²) in [6.45, 7) is 1.84. The van der Waals surface area contributed by atoms with E-state index < -0.39 is 31.4 Å². The van der Waals surface area contributed by atoms with E-state index in [-0.39, 0.29) is 11.6 Å². The van der Waals surface area contributed by atoms with Crippen molar-refractivity contribution in [2.45, 2.75) is 30.7 Å². The number of nitro benzene ring substituents is 1. The zero-order chi connectivity index (χ0) is 15.8. The summed E-state index contributed by atoms with van der Waals surface area (Å²) in [5.74, 6) is -0.145. The summed E-state index contributed by atoms with van der Waals surface area (Å²) in [5, 5.41) is 18.5. The number of nitrogens with two attached hydrogens (primary N) is 1. The van der Waals surface area contributed by atoms with Gasteiger partial charge in [-0.05, 0) is 31.7 Å². The topological polar surface area (TPSA) is 132 Å². The molecule has 9 heteroatoms. The maximum atomic E-state index is 12.1. The highest BCUT2D eigenvalue weighted by atomic mass is 32.2. The van der Waals surface area contributed by atoms with Gasteiger partial charge >= 0.3 is 0 Å². The molecule has 1 fully saturated rings. The number of carbonyl (C=O) groups excluding carboxylic acids is 1. The molecule has 1 atom stereocenters. The highest BCUT2D eigenvalue weighted by Crippen LogP contribution is 2.32. The molecule has 0 saturated heterocycles. The summed E-state index contributed by atoms with van der Waals surface area (Å²) in [4.78, 5) is 21.7. The van der Waals surface area contributed by atoms with Crippen LogP contribution in [0.15, 0.2) is 23.1 Å². The number of nitro groups is 1. The van der Waals surface area contributed by atoms with Crippen molar-refractivity contribution in [3.05, 3.63) is 33.9 Å². The average molecular weight is 313 g/mol. The number of carbonyl (C=O) groups is 1. The minimum atomic E-state index is -4.13. The molecule has 3 N–H and O–H groups in total. The van der Waals surface area contributed by atoms with E-state index in [1.807, 2.05) is 6.92 Å². The van der Waals surface area contributed by atoms with Crippen molar-refractivity contribution in [3.8, 4) is 0 Å². The molecule has 0 heterocycles. The third-order valence-electron chi connectivity index (χ3n) is 3.38. The van der Waals surface area contributed by atoms with E-state index >= 15 is 0 Å². The lowest BCUT2D eigenvalue weighted by molar-refractivity contribution is -0.385. The fraction of sp³-hybridized carbons (Fsp3) is 0.417. The van der Waals surface area contributed by atoms with E-state index in [0.29, 0.717) is 5.92 Å². The van der Waals surface area contributed by atoms with E-state index in [4.69, 9.17) is 5.14 Å². The number of benzene rings is 1. The summed E-state index contributed by atoms with van der Waals surface area (Å²) >= 11 is 0. The molecule has 21 heavy (non-hydrogen) atoms. The number of nitrogens with one attached hydrogen (secondary N) is 1. The van der Waals surface area contributed by atoms with Gasteiger partial charge in [0.05, 0.1) is 9.82 Å². The van der Waals surface area contributed by atoms with Gasteiger partial charge in [-0.15, -0.1) is 0 Å². The molecule has 1 amide bonds. The average Bonchev–Trinajstić information content (AvgIpc) is 3.21. The maximum absolute atomic E-state index is 12.1. The molecule has 1 aromatic rings. The molecule has 1 unspecified atom stereocenters. The standard InChI is InChI=1S/C12H15N3O5S/c1-7(8-2-3-8)14-12(16)9-4-10(15(17)18)6-11(5-9)21(13,19)20/h4-8H,2-3H2,1H3,(H,14,16)(H2,13,19,20). The van der Waals surface area contributed by atoms with Gasteiger partial charge in [0, 0.05) is 23.7 Å². The van der Waals surface area contributed by atoms with E-state index in [1.165, 1.54) is 0 Å². The smallest absolute Gasteiger partial charge is 0.271 e. The van der Waals surface area contributed by atoms with E-state index in [1.54, 1.807) is 0 Å². The Hall–Kier alpha value is -2.00. The molecule has 1 saturated carbocycles. The minimum absolute atomic E-state index is 0.0605. The van der Waals surface area contributed by atoms with Crippen molar-refractivity contribution < 1.29 is 18.1 Å². The van der Waals surface area contributed by atoms with Crippen LogP contribution in [0, 0.1) is 16.0 Å². The van der Waals surface area contributed by atoms with Crippen LogP contribution in [0.3, 0.4) is 0 Å².